The Kier molecular flexibility index (Phi) is 7.49. The summed E-state index contributed by atoms with van der Waals surface area (Å²) < 4.78 is 10.8. The van der Waals surface area contributed by atoms with Crippen molar-refractivity contribution >= 4 is 34.7 Å². The molecule has 0 bridgehead atoms. The van der Waals surface area contributed by atoms with Crippen molar-refractivity contribution < 1.29 is 23.9 Å². The fraction of sp³-hybridized carbons (Fsp3) is 0.440. The fourth-order valence-corrected chi connectivity index (χ4v) is 5.63. The highest BCUT2D eigenvalue weighted by Gasteiger charge is 2.41. The number of hydrogen-bond acceptors (Lipinski definition) is 8. The summed E-state index contributed by atoms with van der Waals surface area (Å²) in [5.41, 5.74) is 8.06. The first kappa shape index (κ1) is 24.8. The zero-order valence-electron chi connectivity index (χ0n) is 20.2. The lowest BCUT2D eigenvalue weighted by Gasteiger charge is -2.37. The number of esters is 1. The summed E-state index contributed by atoms with van der Waals surface area (Å²) in [6.07, 6.45) is 1.56. The molecule has 4 rings (SSSR count). The van der Waals surface area contributed by atoms with E-state index in [9.17, 15) is 14.4 Å². The maximum absolute atomic E-state index is 13.3. The number of carbonyl (C=O) groups excluding carboxylic acids is 3. The third-order valence-corrected chi connectivity index (χ3v) is 7.30. The molecule has 0 saturated carbocycles. The first-order valence-corrected chi connectivity index (χ1v) is 12.5. The topological polar surface area (TPSA) is 115 Å². The van der Waals surface area contributed by atoms with Gasteiger partial charge in [-0.25, -0.2) is 9.79 Å². The highest BCUT2D eigenvalue weighted by atomic mass is 32.2. The van der Waals surface area contributed by atoms with Crippen LogP contribution in [0.4, 0.5) is 0 Å². The summed E-state index contributed by atoms with van der Waals surface area (Å²) in [5.74, 6) is -0.564. The molecule has 2 amide bonds. The molecule has 1 aromatic carbocycles. The van der Waals surface area contributed by atoms with Crippen molar-refractivity contribution in [1.82, 2.24) is 9.80 Å². The smallest absolute Gasteiger partial charge is 0.338 e. The molecule has 3 aliphatic rings. The molecular weight excluding hydrogens is 468 g/mol. The van der Waals surface area contributed by atoms with Crippen molar-refractivity contribution in [3.63, 3.8) is 0 Å². The Morgan fingerprint density at radius 3 is 2.80 bits per heavy atom. The summed E-state index contributed by atoms with van der Waals surface area (Å²) in [4.78, 5) is 46.3. The number of allylic oxidation sites excluding steroid dienone is 1. The van der Waals surface area contributed by atoms with Crippen LogP contribution < -0.4 is 10.5 Å². The number of benzene rings is 1. The molecule has 0 aromatic heterocycles. The molecule has 186 valence electrons. The largest absolute Gasteiger partial charge is 0.497 e. The molecule has 0 spiro atoms. The number of hydrogen-bond donors (Lipinski definition) is 1. The lowest BCUT2D eigenvalue weighted by molar-refractivity contribution is -0.139. The van der Waals surface area contributed by atoms with Crippen LogP contribution in [-0.2, 0) is 19.1 Å². The summed E-state index contributed by atoms with van der Waals surface area (Å²) in [6, 6.07) is 6.99. The van der Waals surface area contributed by atoms with E-state index in [1.165, 1.54) is 11.8 Å². The molecule has 1 aromatic rings. The molecule has 2 N–H and O–H groups in total. The number of primary amides is 1. The fourth-order valence-electron chi connectivity index (χ4n) is 4.67. The summed E-state index contributed by atoms with van der Waals surface area (Å²) in [7, 11) is 1.59. The van der Waals surface area contributed by atoms with E-state index in [0.717, 1.165) is 17.7 Å². The van der Waals surface area contributed by atoms with Gasteiger partial charge in [0.05, 0.1) is 43.4 Å². The van der Waals surface area contributed by atoms with Gasteiger partial charge in [-0.1, -0.05) is 23.9 Å². The van der Waals surface area contributed by atoms with E-state index < -0.39 is 12.0 Å². The normalized spacial score (nSPS) is 21.8. The van der Waals surface area contributed by atoms with Crippen LogP contribution in [-0.4, -0.2) is 59.6 Å². The molecule has 3 heterocycles. The van der Waals surface area contributed by atoms with Crippen molar-refractivity contribution in [1.29, 1.82) is 0 Å². The lowest BCUT2D eigenvalue weighted by atomic mass is 9.93. The third-order valence-electron chi connectivity index (χ3n) is 6.41. The highest BCUT2D eigenvalue weighted by molar-refractivity contribution is 8.16. The molecule has 0 unspecified atom stereocenters. The van der Waals surface area contributed by atoms with Crippen LogP contribution in [0.2, 0.25) is 0 Å². The number of carbonyl (C=O) groups is 3. The van der Waals surface area contributed by atoms with Gasteiger partial charge in [-0.2, -0.15) is 0 Å². The van der Waals surface area contributed by atoms with Crippen LogP contribution >= 0.6 is 11.8 Å². The second-order valence-corrected chi connectivity index (χ2v) is 9.48. The monoisotopic (exact) mass is 498 g/mol. The van der Waals surface area contributed by atoms with Crippen molar-refractivity contribution in [3.05, 3.63) is 52.2 Å². The molecule has 1 saturated heterocycles. The standard InChI is InChI=1S/C25H30N4O5S/c1-4-34-24(32)21-15(2)27-25-29(22(21)16-7-5-9-19(11-16)33-3)18(14-35-25)12-20(30)28-10-6-8-17(13-28)23(26)31/h5,7,9,11,14,17,22H,4,6,8,10,12-13H2,1-3H3,(H2,26,31)/t17-,22+/m0/s1. The number of amides is 2. The van der Waals surface area contributed by atoms with Crippen molar-refractivity contribution in [3.8, 4) is 5.75 Å². The van der Waals surface area contributed by atoms with Gasteiger partial charge in [0, 0.05) is 18.8 Å². The van der Waals surface area contributed by atoms with Crippen molar-refractivity contribution in [2.24, 2.45) is 16.6 Å². The molecule has 0 aliphatic carbocycles. The Balaban J connectivity index is 1.66. The Morgan fingerprint density at radius 1 is 1.29 bits per heavy atom. The van der Waals surface area contributed by atoms with Crippen molar-refractivity contribution in [2.45, 2.75) is 39.2 Å². The van der Waals surface area contributed by atoms with Crippen LogP contribution in [0.25, 0.3) is 0 Å². The molecule has 0 radical (unpaired) electrons. The van der Waals surface area contributed by atoms with E-state index in [4.69, 9.17) is 15.2 Å². The first-order valence-electron chi connectivity index (χ1n) is 11.7. The van der Waals surface area contributed by atoms with Gasteiger partial charge < -0.3 is 25.0 Å². The Morgan fingerprint density at radius 2 is 2.09 bits per heavy atom. The highest BCUT2D eigenvalue weighted by Crippen LogP contribution is 2.45. The maximum Gasteiger partial charge on any atom is 0.338 e. The number of rotatable bonds is 7. The van der Waals surface area contributed by atoms with Gasteiger partial charge in [-0.15, -0.1) is 0 Å². The van der Waals surface area contributed by atoms with Gasteiger partial charge in [0.15, 0.2) is 5.17 Å². The van der Waals surface area contributed by atoms with Gasteiger partial charge >= 0.3 is 5.97 Å². The van der Waals surface area contributed by atoms with E-state index >= 15 is 0 Å². The minimum absolute atomic E-state index is 0.0857. The predicted octanol–water partition coefficient (Wildman–Crippen LogP) is 2.95. The van der Waals surface area contributed by atoms with Crippen molar-refractivity contribution in [2.75, 3.05) is 26.8 Å². The summed E-state index contributed by atoms with van der Waals surface area (Å²) >= 11 is 1.42. The zero-order chi connectivity index (χ0) is 25.1. The Labute approximate surface area is 209 Å². The molecule has 9 nitrogen and oxygen atoms in total. The number of piperidine rings is 1. The minimum Gasteiger partial charge on any atom is -0.497 e. The number of thioether (sulfide) groups is 1. The number of fused-ring (bicyclic) bond motifs is 1. The van der Waals surface area contributed by atoms with Gasteiger partial charge in [-0.05, 0) is 49.8 Å². The number of nitrogens with two attached hydrogens (primary N) is 1. The number of methoxy groups -OCH3 is 1. The van der Waals surface area contributed by atoms with E-state index in [1.54, 1.807) is 25.9 Å². The van der Waals surface area contributed by atoms with Crippen LogP contribution in [0.5, 0.6) is 5.75 Å². The average molecular weight is 499 g/mol. The number of amidine groups is 1. The maximum atomic E-state index is 13.3. The SMILES string of the molecule is CCOC(=O)C1=C(C)N=C2SC=C(CC(=O)N3CCC[C@H](C(N)=O)C3)N2[C@@H]1c1cccc(OC)c1. The lowest BCUT2D eigenvalue weighted by Crippen LogP contribution is -2.45. The molecule has 10 heteroatoms. The van der Waals surface area contributed by atoms with Gasteiger partial charge in [0.25, 0.3) is 0 Å². The van der Waals surface area contributed by atoms with E-state index in [-0.39, 0.29) is 30.8 Å². The van der Waals surface area contributed by atoms with Crippen LogP contribution in [0.1, 0.15) is 44.7 Å². The number of likely N-dealkylation sites (tertiary alicyclic amines) is 1. The summed E-state index contributed by atoms with van der Waals surface area (Å²) in [6.45, 7) is 4.73. The molecule has 35 heavy (non-hydrogen) atoms. The number of aliphatic imine (C=N–C) groups is 1. The predicted molar refractivity (Wildman–Crippen MR) is 133 cm³/mol. The second-order valence-electron chi connectivity index (χ2n) is 8.65. The Bertz CT molecular complexity index is 1130. The quantitative estimate of drug-likeness (QED) is 0.575. The van der Waals surface area contributed by atoms with Gasteiger partial charge in [0.1, 0.15) is 5.75 Å². The number of ether oxygens (including phenoxy) is 2. The van der Waals surface area contributed by atoms with Gasteiger partial charge in [0.2, 0.25) is 11.8 Å². The van der Waals surface area contributed by atoms with E-state index in [0.29, 0.717) is 41.7 Å². The first-order chi connectivity index (χ1) is 16.8. The molecule has 2 atom stereocenters. The third kappa shape index (κ3) is 5.07. The van der Waals surface area contributed by atoms with Crippen LogP contribution in [0, 0.1) is 5.92 Å². The Hall–Kier alpha value is -3.27. The van der Waals surface area contributed by atoms with E-state index in [2.05, 4.69) is 4.99 Å². The van der Waals surface area contributed by atoms with Crippen LogP contribution in [0.15, 0.2) is 51.6 Å². The average Bonchev–Trinajstić information content (AvgIpc) is 3.25. The van der Waals surface area contributed by atoms with Gasteiger partial charge in [-0.3, -0.25) is 9.59 Å². The zero-order valence-corrected chi connectivity index (χ0v) is 21.0. The molecule has 3 aliphatic heterocycles. The second kappa shape index (κ2) is 10.6. The van der Waals surface area contributed by atoms with Crippen LogP contribution in [0.3, 0.4) is 0 Å². The molecule has 1 fully saturated rings. The molecular formula is C25H30N4O5S. The van der Waals surface area contributed by atoms with E-state index in [1.807, 2.05) is 34.6 Å². The number of nitrogens with zero attached hydrogens (tertiary/aromatic N) is 3. The summed E-state index contributed by atoms with van der Waals surface area (Å²) in [5, 5.41) is 2.60. The minimum atomic E-state index is -0.523.